The normalized spacial score (nSPS) is 11.0. The number of anilines is 2. The molecule has 0 aliphatic heterocycles. The van der Waals surface area contributed by atoms with E-state index in [1.165, 1.54) is 0 Å². The second-order valence-corrected chi connectivity index (χ2v) is 6.68. The second-order valence-electron chi connectivity index (χ2n) is 6.24. The first-order valence-corrected chi connectivity index (χ1v) is 7.62. The summed E-state index contributed by atoms with van der Waals surface area (Å²) in [6.45, 7) is 6.33. The summed E-state index contributed by atoms with van der Waals surface area (Å²) >= 11 is 5.77. The molecule has 0 aromatic heterocycles. The van der Waals surface area contributed by atoms with Crippen molar-refractivity contribution in [1.29, 1.82) is 0 Å². The van der Waals surface area contributed by atoms with Crippen molar-refractivity contribution in [3.63, 3.8) is 0 Å². The fourth-order valence-corrected chi connectivity index (χ4v) is 2.09. The fraction of sp³-hybridized carbons (Fsp3) is 0.222. The molecule has 0 heterocycles. The number of benzene rings is 2. The third-order valence-electron chi connectivity index (χ3n) is 3.32. The number of hydrogen-bond acceptors (Lipinski definition) is 2. The standard InChI is InChI=1S/C18H19ClN2O2/c1-18(2,3)12-4-8-14(9-5-12)20-16(22)17(23)21-15-10-6-13(19)7-11-15/h4-11H,1-3H3,(H,20,22)(H,21,23). The summed E-state index contributed by atoms with van der Waals surface area (Å²) in [5, 5.41) is 5.65. The number of carbonyl (C=O) groups is 2. The zero-order chi connectivity index (χ0) is 17.0. The van der Waals surface area contributed by atoms with E-state index in [4.69, 9.17) is 11.6 Å². The molecule has 0 radical (unpaired) electrons. The quantitative estimate of drug-likeness (QED) is 0.810. The molecule has 0 fully saturated rings. The fourth-order valence-electron chi connectivity index (χ4n) is 1.96. The Morgan fingerprint density at radius 1 is 0.783 bits per heavy atom. The van der Waals surface area contributed by atoms with Gasteiger partial charge in [-0.05, 0) is 47.4 Å². The Kier molecular flexibility index (Phi) is 5.06. The van der Waals surface area contributed by atoms with E-state index >= 15 is 0 Å². The monoisotopic (exact) mass is 330 g/mol. The van der Waals surface area contributed by atoms with Gasteiger partial charge in [-0.3, -0.25) is 9.59 Å². The lowest BCUT2D eigenvalue weighted by molar-refractivity contribution is -0.132. The molecule has 0 spiro atoms. The maximum atomic E-state index is 11.9. The molecule has 2 rings (SSSR count). The summed E-state index contributed by atoms with van der Waals surface area (Å²) in [6.07, 6.45) is 0. The van der Waals surface area contributed by atoms with Gasteiger partial charge in [0.25, 0.3) is 0 Å². The Bertz CT molecular complexity index is 701. The van der Waals surface area contributed by atoms with E-state index in [1.807, 2.05) is 12.1 Å². The molecule has 120 valence electrons. The van der Waals surface area contributed by atoms with Crippen LogP contribution in [-0.2, 0) is 15.0 Å². The summed E-state index contributed by atoms with van der Waals surface area (Å²) in [4.78, 5) is 23.8. The topological polar surface area (TPSA) is 58.2 Å². The molecule has 0 atom stereocenters. The van der Waals surface area contributed by atoms with Crippen molar-refractivity contribution in [2.75, 3.05) is 10.6 Å². The van der Waals surface area contributed by atoms with Crippen molar-refractivity contribution < 1.29 is 9.59 Å². The van der Waals surface area contributed by atoms with Gasteiger partial charge in [-0.25, -0.2) is 0 Å². The second kappa shape index (κ2) is 6.84. The summed E-state index contributed by atoms with van der Waals surface area (Å²) in [6, 6.07) is 14.0. The number of carbonyl (C=O) groups excluding carboxylic acids is 2. The Balaban J connectivity index is 1.98. The number of nitrogens with one attached hydrogen (secondary N) is 2. The summed E-state index contributed by atoms with van der Waals surface area (Å²) in [5.74, 6) is -1.45. The van der Waals surface area contributed by atoms with Crippen LogP contribution in [0.25, 0.3) is 0 Å². The molecular formula is C18H19ClN2O2. The highest BCUT2D eigenvalue weighted by Gasteiger charge is 2.16. The molecule has 0 saturated heterocycles. The minimum absolute atomic E-state index is 0.0362. The largest absolute Gasteiger partial charge is 0.318 e. The average Bonchev–Trinajstić information content (AvgIpc) is 2.49. The number of halogens is 1. The van der Waals surface area contributed by atoms with Gasteiger partial charge in [0.2, 0.25) is 0 Å². The third-order valence-corrected chi connectivity index (χ3v) is 3.57. The molecule has 4 nitrogen and oxygen atoms in total. The van der Waals surface area contributed by atoms with Crippen molar-refractivity contribution >= 4 is 34.8 Å². The molecule has 0 bridgehead atoms. The highest BCUT2D eigenvalue weighted by atomic mass is 35.5. The van der Waals surface area contributed by atoms with Gasteiger partial charge >= 0.3 is 11.8 Å². The first-order valence-electron chi connectivity index (χ1n) is 7.24. The molecule has 0 saturated carbocycles. The van der Waals surface area contributed by atoms with Crippen molar-refractivity contribution in [1.82, 2.24) is 0 Å². The zero-order valence-electron chi connectivity index (χ0n) is 13.3. The number of rotatable bonds is 2. The predicted molar refractivity (Wildman–Crippen MR) is 93.9 cm³/mol. The van der Waals surface area contributed by atoms with Gasteiger partial charge in [-0.2, -0.15) is 0 Å². The predicted octanol–water partition coefficient (Wildman–Crippen LogP) is 4.21. The van der Waals surface area contributed by atoms with E-state index < -0.39 is 11.8 Å². The van der Waals surface area contributed by atoms with Gasteiger partial charge in [0, 0.05) is 16.4 Å². The molecule has 0 aliphatic rings. The Hall–Kier alpha value is -2.33. The van der Waals surface area contributed by atoms with Gasteiger partial charge in [-0.1, -0.05) is 44.5 Å². The highest BCUT2D eigenvalue weighted by Crippen LogP contribution is 2.23. The number of hydrogen-bond donors (Lipinski definition) is 2. The summed E-state index contributed by atoms with van der Waals surface area (Å²) in [7, 11) is 0. The van der Waals surface area contributed by atoms with Crippen molar-refractivity contribution in [3.05, 3.63) is 59.1 Å². The van der Waals surface area contributed by atoms with Gasteiger partial charge in [0.1, 0.15) is 0 Å². The van der Waals surface area contributed by atoms with E-state index in [-0.39, 0.29) is 5.41 Å². The van der Waals surface area contributed by atoms with Crippen molar-refractivity contribution in [3.8, 4) is 0 Å². The van der Waals surface area contributed by atoms with Crippen LogP contribution in [0.5, 0.6) is 0 Å². The molecule has 23 heavy (non-hydrogen) atoms. The lowest BCUT2D eigenvalue weighted by Gasteiger charge is -2.19. The van der Waals surface area contributed by atoms with Crippen molar-refractivity contribution in [2.24, 2.45) is 0 Å². The Morgan fingerprint density at radius 3 is 1.57 bits per heavy atom. The SMILES string of the molecule is CC(C)(C)c1ccc(NC(=O)C(=O)Nc2ccc(Cl)cc2)cc1. The Morgan fingerprint density at radius 2 is 1.17 bits per heavy atom. The van der Waals surface area contributed by atoms with E-state index in [9.17, 15) is 9.59 Å². The summed E-state index contributed by atoms with van der Waals surface area (Å²) in [5.41, 5.74) is 2.28. The van der Waals surface area contributed by atoms with Crippen LogP contribution in [0.15, 0.2) is 48.5 Å². The molecular weight excluding hydrogens is 312 g/mol. The lowest BCUT2D eigenvalue weighted by atomic mass is 9.87. The zero-order valence-corrected chi connectivity index (χ0v) is 14.1. The van der Waals surface area contributed by atoms with E-state index in [1.54, 1.807) is 36.4 Å². The van der Waals surface area contributed by atoms with E-state index in [0.29, 0.717) is 16.4 Å². The minimum Gasteiger partial charge on any atom is -0.318 e. The lowest BCUT2D eigenvalue weighted by Crippen LogP contribution is -2.29. The first kappa shape index (κ1) is 17.0. The van der Waals surface area contributed by atoms with Crippen LogP contribution in [0.4, 0.5) is 11.4 Å². The van der Waals surface area contributed by atoms with Crippen LogP contribution in [0.2, 0.25) is 5.02 Å². The van der Waals surface area contributed by atoms with Gasteiger partial charge < -0.3 is 10.6 Å². The third kappa shape index (κ3) is 4.83. The smallest absolute Gasteiger partial charge is 0.314 e. The molecule has 0 aliphatic carbocycles. The van der Waals surface area contributed by atoms with Crippen LogP contribution >= 0.6 is 11.6 Å². The van der Waals surface area contributed by atoms with Gasteiger partial charge in [0.05, 0.1) is 0 Å². The van der Waals surface area contributed by atoms with Crippen LogP contribution < -0.4 is 10.6 Å². The van der Waals surface area contributed by atoms with Crippen LogP contribution in [0.3, 0.4) is 0 Å². The maximum Gasteiger partial charge on any atom is 0.314 e. The van der Waals surface area contributed by atoms with Crippen molar-refractivity contribution in [2.45, 2.75) is 26.2 Å². The highest BCUT2D eigenvalue weighted by molar-refractivity contribution is 6.43. The first-order chi connectivity index (χ1) is 10.8. The molecule has 2 N–H and O–H groups in total. The summed E-state index contributed by atoms with van der Waals surface area (Å²) < 4.78 is 0. The van der Waals surface area contributed by atoms with Crippen LogP contribution in [0.1, 0.15) is 26.3 Å². The molecule has 0 unspecified atom stereocenters. The number of amides is 2. The Labute approximate surface area is 140 Å². The van der Waals surface area contributed by atoms with Crippen LogP contribution in [0, 0.1) is 0 Å². The molecule has 2 amide bonds. The van der Waals surface area contributed by atoms with E-state index in [0.717, 1.165) is 5.56 Å². The molecule has 2 aromatic rings. The molecule has 5 heteroatoms. The maximum absolute atomic E-state index is 11.9. The average molecular weight is 331 g/mol. The van der Waals surface area contributed by atoms with Gasteiger partial charge in [-0.15, -0.1) is 0 Å². The van der Waals surface area contributed by atoms with Crippen LogP contribution in [-0.4, -0.2) is 11.8 Å². The molecule has 2 aromatic carbocycles. The minimum atomic E-state index is -0.729. The van der Waals surface area contributed by atoms with Gasteiger partial charge in [0.15, 0.2) is 0 Å². The van der Waals surface area contributed by atoms with E-state index in [2.05, 4.69) is 31.4 Å².